The van der Waals surface area contributed by atoms with E-state index in [0.29, 0.717) is 5.57 Å². The third kappa shape index (κ3) is 2.00. The molecule has 1 heterocycles. The van der Waals surface area contributed by atoms with Crippen LogP contribution >= 0.6 is 11.6 Å². The van der Waals surface area contributed by atoms with E-state index in [4.69, 9.17) is 11.6 Å². The Morgan fingerprint density at radius 1 is 1.53 bits per heavy atom. The Labute approximate surface area is 90.4 Å². The first-order valence-electron chi connectivity index (χ1n) is 4.25. The van der Waals surface area contributed by atoms with Crippen molar-refractivity contribution < 1.29 is 14.0 Å². The van der Waals surface area contributed by atoms with E-state index in [-0.39, 0.29) is 23.1 Å². The molecule has 0 saturated carbocycles. The van der Waals surface area contributed by atoms with Gasteiger partial charge in [0.2, 0.25) is 0 Å². The summed E-state index contributed by atoms with van der Waals surface area (Å²) in [7, 11) is 0. The van der Waals surface area contributed by atoms with E-state index < -0.39 is 5.82 Å². The lowest BCUT2D eigenvalue weighted by atomic mass is 10.1. The normalized spacial score (nSPS) is 18.3. The molecule has 1 fully saturated rings. The van der Waals surface area contributed by atoms with Gasteiger partial charge in [0.05, 0.1) is 5.02 Å². The summed E-state index contributed by atoms with van der Waals surface area (Å²) < 4.78 is 13.3. The van der Waals surface area contributed by atoms with Crippen LogP contribution in [0, 0.1) is 5.82 Å². The van der Waals surface area contributed by atoms with Crippen LogP contribution in [-0.2, 0) is 9.63 Å². The third-order valence-electron chi connectivity index (χ3n) is 2.00. The van der Waals surface area contributed by atoms with Crippen LogP contribution in [-0.4, -0.2) is 12.5 Å². The quantitative estimate of drug-likeness (QED) is 0.745. The number of carbonyl (C=O) groups excluding carboxylic acids is 1. The highest BCUT2D eigenvalue weighted by Crippen LogP contribution is 2.22. The molecule has 1 aliphatic heterocycles. The van der Waals surface area contributed by atoms with Gasteiger partial charge in [0.25, 0.3) is 5.91 Å². The van der Waals surface area contributed by atoms with Crippen molar-refractivity contribution >= 4 is 23.6 Å². The molecule has 15 heavy (non-hydrogen) atoms. The van der Waals surface area contributed by atoms with Crippen LogP contribution in [0.2, 0.25) is 5.02 Å². The first kappa shape index (κ1) is 10.1. The number of amides is 1. The molecule has 3 nitrogen and oxygen atoms in total. The summed E-state index contributed by atoms with van der Waals surface area (Å²) in [5.74, 6) is -0.830. The predicted molar refractivity (Wildman–Crippen MR) is 53.5 cm³/mol. The molecule has 1 N–H and O–H groups in total. The van der Waals surface area contributed by atoms with E-state index in [1.165, 1.54) is 18.2 Å². The van der Waals surface area contributed by atoms with Gasteiger partial charge in [-0.2, -0.15) is 0 Å². The molecule has 5 heteroatoms. The fourth-order valence-corrected chi connectivity index (χ4v) is 1.46. The third-order valence-corrected chi connectivity index (χ3v) is 2.33. The minimum Gasteiger partial charge on any atom is -0.268 e. The Bertz CT molecular complexity index is 425. The molecule has 0 aliphatic carbocycles. The molecule has 1 saturated heterocycles. The second-order valence-corrected chi connectivity index (χ2v) is 3.43. The molecule has 0 aromatic heterocycles. The molecule has 1 amide bonds. The minimum absolute atomic E-state index is 0.115. The zero-order chi connectivity index (χ0) is 10.8. The molecule has 0 radical (unpaired) electrons. The lowest BCUT2D eigenvalue weighted by Crippen LogP contribution is -2.12. The Morgan fingerprint density at radius 3 is 2.93 bits per heavy atom. The summed E-state index contributed by atoms with van der Waals surface area (Å²) in [6.45, 7) is 0.115. The van der Waals surface area contributed by atoms with Crippen LogP contribution in [0.25, 0.3) is 6.08 Å². The number of hydroxylamine groups is 1. The number of carbonyl (C=O) groups is 1. The van der Waals surface area contributed by atoms with Gasteiger partial charge < -0.3 is 0 Å². The highest BCUT2D eigenvalue weighted by molar-refractivity contribution is 6.32. The fraction of sp³-hybridized carbons (Fsp3) is 0.100. The zero-order valence-electron chi connectivity index (χ0n) is 7.59. The molecule has 2 rings (SSSR count). The second-order valence-electron chi connectivity index (χ2n) is 3.02. The summed E-state index contributed by atoms with van der Waals surface area (Å²) in [6.07, 6.45) is 1.39. The van der Waals surface area contributed by atoms with Gasteiger partial charge >= 0.3 is 0 Å². The lowest BCUT2D eigenvalue weighted by Gasteiger charge is -2.00. The van der Waals surface area contributed by atoms with Crippen molar-refractivity contribution in [3.63, 3.8) is 0 Å². The Balaban J connectivity index is 2.42. The summed E-state index contributed by atoms with van der Waals surface area (Å²) in [4.78, 5) is 15.8. The Kier molecular flexibility index (Phi) is 2.70. The summed E-state index contributed by atoms with van der Waals surface area (Å²) in [5, 5.41) is 0.266. The van der Waals surface area contributed by atoms with Crippen molar-refractivity contribution in [3.05, 3.63) is 40.2 Å². The smallest absolute Gasteiger partial charge is 0.268 e. The molecule has 0 atom stereocenters. The van der Waals surface area contributed by atoms with Crippen molar-refractivity contribution in [3.8, 4) is 0 Å². The number of hydrogen-bond donors (Lipinski definition) is 1. The number of halogens is 2. The van der Waals surface area contributed by atoms with Crippen LogP contribution in [0.15, 0.2) is 23.8 Å². The maximum Gasteiger partial charge on any atom is 0.273 e. The van der Waals surface area contributed by atoms with Crippen molar-refractivity contribution in [1.29, 1.82) is 0 Å². The van der Waals surface area contributed by atoms with Crippen molar-refractivity contribution in [2.24, 2.45) is 0 Å². The van der Waals surface area contributed by atoms with Crippen LogP contribution in [0.4, 0.5) is 4.39 Å². The Hall–Kier alpha value is -1.39. The molecular weight excluding hydrogens is 221 g/mol. The number of benzene rings is 1. The van der Waals surface area contributed by atoms with Gasteiger partial charge in [-0.1, -0.05) is 17.7 Å². The monoisotopic (exact) mass is 227 g/mol. The first-order chi connectivity index (χ1) is 7.18. The van der Waals surface area contributed by atoms with E-state index in [0.717, 1.165) is 0 Å². The standard InChI is InChI=1S/C10H7ClFNO2/c11-8-2-1-3-9(12)7(8)4-6-5-15-13-10(6)14/h1-4H,5H2,(H,13,14)/b6-4+. The maximum atomic E-state index is 13.3. The van der Waals surface area contributed by atoms with E-state index in [2.05, 4.69) is 10.3 Å². The first-order valence-corrected chi connectivity index (χ1v) is 4.63. The molecule has 1 aromatic rings. The van der Waals surface area contributed by atoms with Gasteiger partial charge in [-0.05, 0) is 18.2 Å². The molecule has 0 bridgehead atoms. The van der Waals surface area contributed by atoms with E-state index >= 15 is 0 Å². The van der Waals surface area contributed by atoms with Crippen LogP contribution in [0.3, 0.4) is 0 Å². The van der Waals surface area contributed by atoms with Gasteiger partial charge in [0, 0.05) is 11.1 Å². The average Bonchev–Trinajstić information content (AvgIpc) is 2.58. The minimum atomic E-state index is -0.463. The number of hydrogen-bond acceptors (Lipinski definition) is 2. The fourth-order valence-electron chi connectivity index (χ4n) is 1.24. The van der Waals surface area contributed by atoms with E-state index in [1.807, 2.05) is 0 Å². The molecule has 78 valence electrons. The SMILES string of the molecule is O=C1NOC/C1=C\c1c(F)cccc1Cl. The second kappa shape index (κ2) is 4.00. The maximum absolute atomic E-state index is 13.3. The van der Waals surface area contributed by atoms with Gasteiger partial charge in [0.1, 0.15) is 12.4 Å². The number of nitrogens with one attached hydrogen (secondary N) is 1. The van der Waals surface area contributed by atoms with Crippen molar-refractivity contribution in [2.45, 2.75) is 0 Å². The molecule has 1 aliphatic rings. The zero-order valence-corrected chi connectivity index (χ0v) is 8.34. The number of rotatable bonds is 1. The van der Waals surface area contributed by atoms with Gasteiger partial charge in [-0.25, -0.2) is 9.87 Å². The van der Waals surface area contributed by atoms with E-state index in [1.54, 1.807) is 6.07 Å². The largest absolute Gasteiger partial charge is 0.273 e. The highest BCUT2D eigenvalue weighted by atomic mass is 35.5. The van der Waals surface area contributed by atoms with Gasteiger partial charge in [-0.3, -0.25) is 9.63 Å². The summed E-state index contributed by atoms with van der Waals surface area (Å²) in [6, 6.07) is 4.35. The summed E-state index contributed by atoms with van der Waals surface area (Å²) in [5.41, 5.74) is 2.71. The van der Waals surface area contributed by atoms with Crippen molar-refractivity contribution in [1.82, 2.24) is 5.48 Å². The predicted octanol–water partition coefficient (Wildman–Crippen LogP) is 1.92. The molecule has 1 aromatic carbocycles. The topological polar surface area (TPSA) is 38.3 Å². The molecular formula is C10H7ClFNO2. The molecule has 0 spiro atoms. The van der Waals surface area contributed by atoms with Gasteiger partial charge in [0.15, 0.2) is 0 Å². The molecule has 0 unspecified atom stereocenters. The Morgan fingerprint density at radius 2 is 2.33 bits per heavy atom. The van der Waals surface area contributed by atoms with E-state index in [9.17, 15) is 9.18 Å². The van der Waals surface area contributed by atoms with Crippen LogP contribution in [0.1, 0.15) is 5.56 Å². The highest BCUT2D eigenvalue weighted by Gasteiger charge is 2.18. The van der Waals surface area contributed by atoms with Gasteiger partial charge in [-0.15, -0.1) is 0 Å². The van der Waals surface area contributed by atoms with Crippen LogP contribution in [0.5, 0.6) is 0 Å². The van der Waals surface area contributed by atoms with Crippen molar-refractivity contribution in [2.75, 3.05) is 6.61 Å². The summed E-state index contributed by atoms with van der Waals surface area (Å²) >= 11 is 5.80. The lowest BCUT2D eigenvalue weighted by molar-refractivity contribution is -0.122. The average molecular weight is 228 g/mol. The van der Waals surface area contributed by atoms with Crippen LogP contribution < -0.4 is 5.48 Å².